The molecule has 3 atom stereocenters. The van der Waals surface area contributed by atoms with Crippen molar-refractivity contribution >= 4 is 0 Å². The van der Waals surface area contributed by atoms with Gasteiger partial charge in [-0.25, -0.2) is 0 Å². The van der Waals surface area contributed by atoms with E-state index in [0.29, 0.717) is 12.0 Å². The van der Waals surface area contributed by atoms with Gasteiger partial charge in [0.05, 0.1) is 12.7 Å². The van der Waals surface area contributed by atoms with Crippen LogP contribution in [-0.2, 0) is 9.47 Å². The van der Waals surface area contributed by atoms with Crippen molar-refractivity contribution in [3.05, 3.63) is 0 Å². The Balaban J connectivity index is 2.13. The Hall–Kier alpha value is -0.0800. The van der Waals surface area contributed by atoms with Crippen LogP contribution in [0.15, 0.2) is 0 Å². The smallest absolute Gasteiger partial charge is 0.157 e. The van der Waals surface area contributed by atoms with E-state index in [2.05, 4.69) is 20.8 Å². The molecule has 0 amide bonds. The summed E-state index contributed by atoms with van der Waals surface area (Å²) >= 11 is 0. The van der Waals surface area contributed by atoms with Gasteiger partial charge in [-0.2, -0.15) is 0 Å². The summed E-state index contributed by atoms with van der Waals surface area (Å²) in [6.45, 7) is 7.66. The topological polar surface area (TPSA) is 18.5 Å². The molecule has 0 radical (unpaired) electrons. The SMILES string of the molecule is CCCCCCCCC1OCC(CC)C(CCC)O1. The number of hydrogen-bond acceptors (Lipinski definition) is 2. The first kappa shape index (κ1) is 17.0. The van der Waals surface area contributed by atoms with Crippen LogP contribution in [0.2, 0.25) is 0 Å². The number of hydrogen-bond donors (Lipinski definition) is 0. The lowest BCUT2D eigenvalue weighted by molar-refractivity contribution is -0.240. The van der Waals surface area contributed by atoms with Crippen molar-refractivity contribution in [2.24, 2.45) is 5.92 Å². The largest absolute Gasteiger partial charge is 0.352 e. The highest BCUT2D eigenvalue weighted by Gasteiger charge is 2.29. The highest BCUT2D eigenvalue weighted by molar-refractivity contribution is 4.73. The standard InChI is InChI=1S/C17H34O2/c1-4-7-8-9-10-11-13-17-18-14-15(6-3)16(19-17)12-5-2/h15-17H,4-14H2,1-3H3. The molecule has 1 heterocycles. The molecule has 1 aliphatic heterocycles. The van der Waals surface area contributed by atoms with E-state index in [0.717, 1.165) is 13.0 Å². The Morgan fingerprint density at radius 2 is 1.58 bits per heavy atom. The van der Waals surface area contributed by atoms with Gasteiger partial charge in [-0.1, -0.05) is 59.3 Å². The molecular weight excluding hydrogens is 236 g/mol. The van der Waals surface area contributed by atoms with Crippen LogP contribution < -0.4 is 0 Å². The summed E-state index contributed by atoms with van der Waals surface area (Å²) in [4.78, 5) is 0. The van der Waals surface area contributed by atoms with Crippen LogP contribution in [-0.4, -0.2) is 19.0 Å². The molecule has 2 heteroatoms. The molecule has 1 aliphatic rings. The minimum absolute atomic E-state index is 0.0746. The quantitative estimate of drug-likeness (QED) is 0.501. The number of unbranched alkanes of at least 4 members (excludes halogenated alkanes) is 5. The molecule has 19 heavy (non-hydrogen) atoms. The van der Waals surface area contributed by atoms with E-state index in [1.807, 2.05) is 0 Å². The minimum Gasteiger partial charge on any atom is -0.352 e. The van der Waals surface area contributed by atoms with Crippen LogP contribution in [0.5, 0.6) is 0 Å². The van der Waals surface area contributed by atoms with Crippen molar-refractivity contribution in [1.29, 1.82) is 0 Å². The lowest BCUT2D eigenvalue weighted by Crippen LogP contribution is -2.39. The molecule has 0 spiro atoms. The molecule has 0 aromatic rings. The summed E-state index contributed by atoms with van der Waals surface area (Å²) < 4.78 is 12.0. The lowest BCUT2D eigenvalue weighted by Gasteiger charge is -2.36. The Morgan fingerprint density at radius 3 is 2.26 bits per heavy atom. The zero-order valence-electron chi connectivity index (χ0n) is 13.3. The van der Waals surface area contributed by atoms with Crippen molar-refractivity contribution < 1.29 is 9.47 Å². The van der Waals surface area contributed by atoms with Gasteiger partial charge in [0.1, 0.15) is 0 Å². The Bertz CT molecular complexity index is 205. The maximum Gasteiger partial charge on any atom is 0.157 e. The fourth-order valence-corrected chi connectivity index (χ4v) is 2.90. The third kappa shape index (κ3) is 6.76. The molecule has 1 fully saturated rings. The summed E-state index contributed by atoms with van der Waals surface area (Å²) in [7, 11) is 0. The van der Waals surface area contributed by atoms with Crippen LogP contribution in [0.4, 0.5) is 0 Å². The molecule has 2 nitrogen and oxygen atoms in total. The maximum atomic E-state index is 6.14. The van der Waals surface area contributed by atoms with Crippen molar-refractivity contribution in [2.75, 3.05) is 6.61 Å². The van der Waals surface area contributed by atoms with Crippen LogP contribution in [0.25, 0.3) is 0 Å². The van der Waals surface area contributed by atoms with E-state index >= 15 is 0 Å². The van der Waals surface area contributed by atoms with Gasteiger partial charge in [-0.05, 0) is 25.7 Å². The number of ether oxygens (including phenoxy) is 2. The van der Waals surface area contributed by atoms with Crippen molar-refractivity contribution in [3.63, 3.8) is 0 Å². The molecule has 3 unspecified atom stereocenters. The average molecular weight is 270 g/mol. The van der Waals surface area contributed by atoms with E-state index in [-0.39, 0.29) is 6.29 Å². The fourth-order valence-electron chi connectivity index (χ4n) is 2.90. The monoisotopic (exact) mass is 270 g/mol. The van der Waals surface area contributed by atoms with Crippen LogP contribution in [0.1, 0.15) is 85.0 Å². The second-order valence-corrected chi connectivity index (χ2v) is 5.95. The second-order valence-electron chi connectivity index (χ2n) is 5.95. The fraction of sp³-hybridized carbons (Fsp3) is 1.00. The molecule has 0 aromatic carbocycles. The van der Waals surface area contributed by atoms with E-state index in [1.165, 1.54) is 57.8 Å². The van der Waals surface area contributed by atoms with Crippen LogP contribution >= 0.6 is 0 Å². The summed E-state index contributed by atoms with van der Waals surface area (Å²) in [6, 6.07) is 0. The van der Waals surface area contributed by atoms with Crippen LogP contribution in [0, 0.1) is 5.92 Å². The molecular formula is C17H34O2. The first-order chi connectivity index (χ1) is 9.31. The lowest BCUT2D eigenvalue weighted by atomic mass is 9.95. The Kier molecular flexibility index (Phi) is 9.54. The van der Waals surface area contributed by atoms with Crippen LogP contribution in [0.3, 0.4) is 0 Å². The maximum absolute atomic E-state index is 6.14. The molecule has 0 aromatic heterocycles. The van der Waals surface area contributed by atoms with Crippen molar-refractivity contribution in [1.82, 2.24) is 0 Å². The van der Waals surface area contributed by atoms with Gasteiger partial charge in [0.2, 0.25) is 0 Å². The molecule has 0 N–H and O–H groups in total. The van der Waals surface area contributed by atoms with Gasteiger partial charge < -0.3 is 9.47 Å². The normalized spacial score (nSPS) is 27.6. The second kappa shape index (κ2) is 10.7. The van der Waals surface area contributed by atoms with E-state index in [1.54, 1.807) is 0 Å². The summed E-state index contributed by atoms with van der Waals surface area (Å²) in [5.74, 6) is 0.612. The molecule has 1 rings (SSSR count). The van der Waals surface area contributed by atoms with E-state index < -0.39 is 0 Å². The summed E-state index contributed by atoms with van der Waals surface area (Å²) in [5.41, 5.74) is 0. The minimum atomic E-state index is 0.0746. The summed E-state index contributed by atoms with van der Waals surface area (Å²) in [5, 5.41) is 0. The predicted octanol–water partition coefficient (Wildman–Crippen LogP) is 5.30. The summed E-state index contributed by atoms with van der Waals surface area (Å²) in [6.07, 6.45) is 13.2. The molecule has 114 valence electrons. The van der Waals surface area contributed by atoms with E-state index in [9.17, 15) is 0 Å². The number of rotatable bonds is 10. The van der Waals surface area contributed by atoms with Gasteiger partial charge in [0, 0.05) is 5.92 Å². The molecule has 1 saturated heterocycles. The zero-order valence-corrected chi connectivity index (χ0v) is 13.3. The van der Waals surface area contributed by atoms with Crippen molar-refractivity contribution in [3.8, 4) is 0 Å². The van der Waals surface area contributed by atoms with Crippen molar-refractivity contribution in [2.45, 2.75) is 97.4 Å². The van der Waals surface area contributed by atoms with Gasteiger partial charge in [-0.15, -0.1) is 0 Å². The first-order valence-electron chi connectivity index (χ1n) is 8.58. The zero-order chi connectivity index (χ0) is 13.9. The molecule has 0 saturated carbocycles. The van der Waals surface area contributed by atoms with Gasteiger partial charge in [-0.3, -0.25) is 0 Å². The Labute approximate surface area is 120 Å². The van der Waals surface area contributed by atoms with Gasteiger partial charge in [0.15, 0.2) is 6.29 Å². The van der Waals surface area contributed by atoms with Gasteiger partial charge in [0.25, 0.3) is 0 Å². The van der Waals surface area contributed by atoms with E-state index in [4.69, 9.17) is 9.47 Å². The average Bonchev–Trinajstić information content (AvgIpc) is 2.43. The Morgan fingerprint density at radius 1 is 0.842 bits per heavy atom. The molecule has 0 aliphatic carbocycles. The molecule has 0 bridgehead atoms. The third-order valence-electron chi connectivity index (χ3n) is 4.24. The highest BCUT2D eigenvalue weighted by Crippen LogP contribution is 2.27. The highest BCUT2D eigenvalue weighted by atomic mass is 16.7. The third-order valence-corrected chi connectivity index (χ3v) is 4.24. The van der Waals surface area contributed by atoms with Gasteiger partial charge >= 0.3 is 0 Å². The first-order valence-corrected chi connectivity index (χ1v) is 8.58. The predicted molar refractivity (Wildman–Crippen MR) is 81.3 cm³/mol.